The summed E-state index contributed by atoms with van der Waals surface area (Å²) in [6.07, 6.45) is 0.995. The Kier molecular flexibility index (Phi) is 6.18. The smallest absolute Gasteiger partial charge is 0.221 e. The first-order valence-electron chi connectivity index (χ1n) is 10.7. The van der Waals surface area contributed by atoms with Crippen LogP contribution in [0.1, 0.15) is 49.5 Å². The fourth-order valence-electron chi connectivity index (χ4n) is 4.53. The third kappa shape index (κ3) is 4.84. The summed E-state index contributed by atoms with van der Waals surface area (Å²) in [7, 11) is 1.62. The number of hydrogen-bond acceptors (Lipinski definition) is 6. The molecule has 7 heteroatoms. The summed E-state index contributed by atoms with van der Waals surface area (Å²) in [5.41, 5.74) is 1.96. The average Bonchev–Trinajstić information content (AvgIpc) is 2.75. The first kappa shape index (κ1) is 21.6. The normalized spacial score (nSPS) is 21.1. The van der Waals surface area contributed by atoms with Crippen LogP contribution >= 0.6 is 0 Å². The Morgan fingerprint density at radius 1 is 1.26 bits per heavy atom. The van der Waals surface area contributed by atoms with Crippen molar-refractivity contribution in [2.24, 2.45) is 0 Å². The predicted molar refractivity (Wildman–Crippen MR) is 117 cm³/mol. The van der Waals surface area contributed by atoms with Gasteiger partial charge in [-0.05, 0) is 42.7 Å². The summed E-state index contributed by atoms with van der Waals surface area (Å²) in [6, 6.07) is 12.8. The molecule has 166 valence electrons. The number of benzene rings is 2. The van der Waals surface area contributed by atoms with Crippen LogP contribution in [-0.4, -0.2) is 53.4 Å². The second kappa shape index (κ2) is 8.86. The molecule has 0 bridgehead atoms. The van der Waals surface area contributed by atoms with Crippen LogP contribution in [0.15, 0.2) is 42.5 Å². The maximum absolute atomic E-state index is 11.1. The van der Waals surface area contributed by atoms with E-state index in [1.807, 2.05) is 30.3 Å². The molecule has 1 saturated heterocycles. The quantitative estimate of drug-likeness (QED) is 0.681. The van der Waals surface area contributed by atoms with Gasteiger partial charge in [0.1, 0.15) is 17.1 Å². The van der Waals surface area contributed by atoms with E-state index in [4.69, 9.17) is 9.47 Å². The molecule has 7 nitrogen and oxygen atoms in total. The van der Waals surface area contributed by atoms with Gasteiger partial charge in [0.15, 0.2) is 0 Å². The zero-order valence-electron chi connectivity index (χ0n) is 18.0. The van der Waals surface area contributed by atoms with Crippen molar-refractivity contribution in [3.8, 4) is 11.5 Å². The maximum Gasteiger partial charge on any atom is 0.221 e. The molecule has 31 heavy (non-hydrogen) atoms. The molecule has 2 aromatic rings. The van der Waals surface area contributed by atoms with E-state index in [2.05, 4.69) is 10.2 Å². The Hall–Kier alpha value is -2.61. The number of likely N-dealkylation sites (tertiary alicyclic amines) is 1. The van der Waals surface area contributed by atoms with Gasteiger partial charge in [-0.25, -0.2) is 0 Å². The summed E-state index contributed by atoms with van der Waals surface area (Å²) in [4.78, 5) is 13.4. The van der Waals surface area contributed by atoms with Gasteiger partial charge < -0.3 is 29.9 Å². The van der Waals surface area contributed by atoms with Gasteiger partial charge in [-0.3, -0.25) is 4.79 Å². The minimum atomic E-state index is -0.608. The van der Waals surface area contributed by atoms with Gasteiger partial charge in [0.2, 0.25) is 5.91 Å². The molecule has 1 spiro atoms. The lowest BCUT2D eigenvalue weighted by atomic mass is 9.81. The minimum Gasteiger partial charge on any atom is -0.497 e. The standard InChI is InChI=1S/C24H30N2O5/c1-16(27)25-18-5-3-17(4-6-18)22(29)15-26-11-9-24(10-12-26)14-21(28)20-8-7-19(30-2)13-23(20)31-24/h3-8,13,21-22,28-29H,9-12,14-15H2,1-2H3,(H,25,27)/t21-,22+/m0/s1. The fraction of sp³-hybridized carbons (Fsp3) is 0.458. The highest BCUT2D eigenvalue weighted by Gasteiger charge is 2.43. The van der Waals surface area contributed by atoms with Gasteiger partial charge in [-0.2, -0.15) is 0 Å². The molecule has 0 saturated carbocycles. The number of rotatable bonds is 5. The summed E-state index contributed by atoms with van der Waals surface area (Å²) in [5.74, 6) is 1.30. The van der Waals surface area contributed by atoms with Gasteiger partial charge in [-0.1, -0.05) is 12.1 Å². The number of nitrogens with one attached hydrogen (secondary N) is 1. The summed E-state index contributed by atoms with van der Waals surface area (Å²) >= 11 is 0. The lowest BCUT2D eigenvalue weighted by Crippen LogP contribution is -2.51. The van der Waals surface area contributed by atoms with Crippen molar-refractivity contribution >= 4 is 11.6 Å². The Labute approximate surface area is 182 Å². The van der Waals surface area contributed by atoms with Crippen molar-refractivity contribution in [3.63, 3.8) is 0 Å². The Balaban J connectivity index is 1.35. The molecule has 0 aliphatic carbocycles. The van der Waals surface area contributed by atoms with E-state index >= 15 is 0 Å². The number of amides is 1. The molecule has 4 rings (SSSR count). The molecule has 2 aromatic carbocycles. The summed E-state index contributed by atoms with van der Waals surface area (Å²) in [5, 5.41) is 24.1. The second-order valence-electron chi connectivity index (χ2n) is 8.53. The molecule has 0 radical (unpaired) electrons. The van der Waals surface area contributed by atoms with E-state index in [1.54, 1.807) is 19.2 Å². The van der Waals surface area contributed by atoms with E-state index in [0.717, 1.165) is 37.1 Å². The van der Waals surface area contributed by atoms with Crippen LogP contribution in [0.2, 0.25) is 0 Å². The lowest BCUT2D eigenvalue weighted by molar-refractivity contribution is -0.114. The molecule has 0 aromatic heterocycles. The number of anilines is 1. The van der Waals surface area contributed by atoms with Gasteiger partial charge >= 0.3 is 0 Å². The zero-order valence-corrected chi connectivity index (χ0v) is 18.0. The van der Waals surface area contributed by atoms with Crippen molar-refractivity contribution in [2.45, 2.75) is 44.0 Å². The van der Waals surface area contributed by atoms with E-state index < -0.39 is 12.2 Å². The number of methoxy groups -OCH3 is 1. The van der Waals surface area contributed by atoms with Crippen molar-refractivity contribution in [1.29, 1.82) is 0 Å². The maximum atomic E-state index is 11.1. The first-order chi connectivity index (χ1) is 14.9. The van der Waals surface area contributed by atoms with E-state index in [1.165, 1.54) is 6.92 Å². The molecule has 2 atom stereocenters. The monoisotopic (exact) mass is 426 g/mol. The van der Waals surface area contributed by atoms with E-state index in [9.17, 15) is 15.0 Å². The number of carbonyl (C=O) groups is 1. The number of β-amino-alcohol motifs (C(OH)–C–C–N with tert-alkyl or cyclic N) is 1. The fourth-order valence-corrected chi connectivity index (χ4v) is 4.53. The van der Waals surface area contributed by atoms with Gasteiger partial charge in [-0.15, -0.1) is 0 Å². The van der Waals surface area contributed by atoms with Crippen LogP contribution in [0.5, 0.6) is 11.5 Å². The SMILES string of the molecule is COc1ccc2c(c1)OC1(CCN(C[C@@H](O)c3ccc(NC(C)=O)cc3)CC1)C[C@@H]2O. The molecule has 0 unspecified atom stereocenters. The third-order valence-electron chi connectivity index (χ3n) is 6.29. The molecule has 1 fully saturated rings. The Morgan fingerprint density at radius 2 is 1.97 bits per heavy atom. The number of hydrogen-bond donors (Lipinski definition) is 3. The Morgan fingerprint density at radius 3 is 2.61 bits per heavy atom. The molecule has 3 N–H and O–H groups in total. The topological polar surface area (TPSA) is 91.3 Å². The number of aliphatic hydroxyl groups is 2. The number of aliphatic hydroxyl groups excluding tert-OH is 2. The van der Waals surface area contributed by atoms with Crippen LogP contribution in [0.3, 0.4) is 0 Å². The lowest BCUT2D eigenvalue weighted by Gasteiger charge is -2.46. The van der Waals surface area contributed by atoms with Crippen LogP contribution in [0.4, 0.5) is 5.69 Å². The first-order valence-corrected chi connectivity index (χ1v) is 10.7. The molecule has 2 aliphatic rings. The highest BCUT2D eigenvalue weighted by Crippen LogP contribution is 2.45. The van der Waals surface area contributed by atoms with Crippen molar-refractivity contribution in [3.05, 3.63) is 53.6 Å². The van der Waals surface area contributed by atoms with Crippen LogP contribution < -0.4 is 14.8 Å². The van der Waals surface area contributed by atoms with E-state index in [0.29, 0.717) is 30.2 Å². The van der Waals surface area contributed by atoms with Gasteiger partial charge in [0.25, 0.3) is 0 Å². The van der Waals surface area contributed by atoms with Crippen molar-refractivity contribution in [1.82, 2.24) is 4.90 Å². The van der Waals surface area contributed by atoms with Crippen LogP contribution in [0, 0.1) is 0 Å². The average molecular weight is 427 g/mol. The summed E-state index contributed by atoms with van der Waals surface area (Å²) < 4.78 is 11.7. The van der Waals surface area contributed by atoms with Gasteiger partial charge in [0, 0.05) is 50.3 Å². The number of carbonyl (C=O) groups excluding carboxylic acids is 1. The Bertz CT molecular complexity index is 922. The molecule has 1 amide bonds. The van der Waals surface area contributed by atoms with Crippen LogP contribution in [0.25, 0.3) is 0 Å². The molecule has 2 heterocycles. The largest absolute Gasteiger partial charge is 0.497 e. The second-order valence-corrected chi connectivity index (χ2v) is 8.53. The molecule has 2 aliphatic heterocycles. The van der Waals surface area contributed by atoms with Crippen LogP contribution in [-0.2, 0) is 4.79 Å². The van der Waals surface area contributed by atoms with Crippen molar-refractivity contribution in [2.75, 3.05) is 32.1 Å². The number of ether oxygens (including phenoxy) is 2. The molecular formula is C24H30N2O5. The van der Waals surface area contributed by atoms with Gasteiger partial charge in [0.05, 0.1) is 19.3 Å². The minimum absolute atomic E-state index is 0.119. The highest BCUT2D eigenvalue weighted by molar-refractivity contribution is 5.88. The number of piperidine rings is 1. The third-order valence-corrected chi connectivity index (χ3v) is 6.29. The predicted octanol–water partition coefficient (Wildman–Crippen LogP) is 3.04. The molecular weight excluding hydrogens is 396 g/mol. The number of nitrogens with zero attached hydrogens (tertiary/aromatic N) is 1. The highest BCUT2D eigenvalue weighted by atomic mass is 16.5. The van der Waals surface area contributed by atoms with Crippen molar-refractivity contribution < 1.29 is 24.5 Å². The summed E-state index contributed by atoms with van der Waals surface area (Å²) in [6.45, 7) is 3.57. The zero-order chi connectivity index (χ0) is 22.0. The number of fused-ring (bicyclic) bond motifs is 1. The van der Waals surface area contributed by atoms with E-state index in [-0.39, 0.29) is 11.5 Å².